The summed E-state index contributed by atoms with van der Waals surface area (Å²) in [6.07, 6.45) is 25.3. The van der Waals surface area contributed by atoms with Crippen LogP contribution < -0.4 is 5.73 Å². The molecule has 7 nitrogen and oxygen atoms in total. The van der Waals surface area contributed by atoms with Gasteiger partial charge < -0.3 is 10.8 Å². The molecule has 0 unspecified atom stereocenters. The quantitative estimate of drug-likeness (QED) is 0.0880. The number of hydrogen-bond donors (Lipinski definition) is 2. The van der Waals surface area contributed by atoms with Crippen molar-refractivity contribution in [3.05, 3.63) is 0 Å². The fourth-order valence-electron chi connectivity index (χ4n) is 5.25. The van der Waals surface area contributed by atoms with Gasteiger partial charge in [-0.2, -0.15) is 0 Å². The summed E-state index contributed by atoms with van der Waals surface area (Å²) in [6.45, 7) is 4.45. The average Bonchev–Trinajstić information content (AvgIpc) is 2.92. The molecule has 0 rings (SSSR count). The van der Waals surface area contributed by atoms with Crippen LogP contribution in [0, 0.1) is 0 Å². The number of rotatable bonds is 29. The molecule has 0 aromatic rings. The molecule has 0 aliphatic rings. The fraction of sp³-hybridized carbons (Fsp3) is 0.879. The third-order valence-corrected chi connectivity index (χ3v) is 7.79. The number of amides is 3. The van der Waals surface area contributed by atoms with Crippen LogP contribution in [0.1, 0.15) is 181 Å². The van der Waals surface area contributed by atoms with Crippen molar-refractivity contribution in [3.63, 3.8) is 0 Å². The molecule has 0 fully saturated rings. The number of carboxylic acids is 1. The summed E-state index contributed by atoms with van der Waals surface area (Å²) in [6, 6.07) is -1.34. The van der Waals surface area contributed by atoms with Crippen molar-refractivity contribution in [2.45, 2.75) is 187 Å². The maximum Gasteiger partial charge on any atom is 0.326 e. The molecule has 0 aromatic carbocycles. The van der Waals surface area contributed by atoms with E-state index in [2.05, 4.69) is 13.8 Å². The van der Waals surface area contributed by atoms with Gasteiger partial charge in [-0.05, 0) is 19.3 Å². The summed E-state index contributed by atoms with van der Waals surface area (Å²) in [5.74, 6) is -2.79. The van der Waals surface area contributed by atoms with E-state index >= 15 is 0 Å². The molecule has 0 saturated carbocycles. The first-order chi connectivity index (χ1) is 19.3. The van der Waals surface area contributed by atoms with Crippen molar-refractivity contribution in [2.24, 2.45) is 5.73 Å². The zero-order chi connectivity index (χ0) is 29.8. The largest absolute Gasteiger partial charge is 0.480 e. The number of imide groups is 1. The number of carboxylic acid groups (broad SMARTS) is 1. The molecule has 0 aliphatic heterocycles. The highest BCUT2D eigenvalue weighted by Gasteiger charge is 2.34. The minimum Gasteiger partial charge on any atom is -0.480 e. The highest BCUT2D eigenvalue weighted by atomic mass is 16.4. The maximum absolute atomic E-state index is 13.1. The summed E-state index contributed by atoms with van der Waals surface area (Å²) in [5, 5.41) is 9.78. The standard InChI is InChI=1S/C33H62N2O5/c1-3-5-7-9-11-13-15-17-19-21-23-25-31(37)35(29(33(39)40)27-28-30(34)36)32(38)26-24-22-20-18-16-14-12-10-8-6-4-2/h29H,3-28H2,1-2H3,(H2,34,36)(H,39,40)/t29-/m0/s1. The molecule has 0 aliphatic carbocycles. The lowest BCUT2D eigenvalue weighted by atomic mass is 10.0. The second-order valence-electron chi connectivity index (χ2n) is 11.6. The van der Waals surface area contributed by atoms with Crippen LogP contribution in [0.2, 0.25) is 0 Å². The Morgan fingerprint density at radius 3 is 1.10 bits per heavy atom. The second kappa shape index (κ2) is 27.3. The van der Waals surface area contributed by atoms with E-state index in [1.807, 2.05) is 0 Å². The molecule has 0 spiro atoms. The lowest BCUT2D eigenvalue weighted by Crippen LogP contribution is -2.49. The topological polar surface area (TPSA) is 118 Å². The van der Waals surface area contributed by atoms with Gasteiger partial charge in [-0.25, -0.2) is 4.79 Å². The van der Waals surface area contributed by atoms with Crippen LogP contribution in [0.4, 0.5) is 0 Å². The number of nitrogens with two attached hydrogens (primary N) is 1. The highest BCUT2D eigenvalue weighted by molar-refractivity contribution is 5.99. The van der Waals surface area contributed by atoms with Gasteiger partial charge >= 0.3 is 5.97 Å². The smallest absolute Gasteiger partial charge is 0.326 e. The van der Waals surface area contributed by atoms with Gasteiger partial charge in [0, 0.05) is 19.3 Å². The maximum atomic E-state index is 13.1. The van der Waals surface area contributed by atoms with Crippen molar-refractivity contribution < 1.29 is 24.3 Å². The highest BCUT2D eigenvalue weighted by Crippen LogP contribution is 2.18. The number of primary amides is 1. The Morgan fingerprint density at radius 1 is 0.525 bits per heavy atom. The van der Waals surface area contributed by atoms with Crippen molar-refractivity contribution in [1.82, 2.24) is 4.90 Å². The Morgan fingerprint density at radius 2 is 0.825 bits per heavy atom. The van der Waals surface area contributed by atoms with E-state index in [4.69, 9.17) is 5.73 Å². The van der Waals surface area contributed by atoms with Gasteiger partial charge in [0.05, 0.1) is 0 Å². The van der Waals surface area contributed by atoms with Gasteiger partial charge in [-0.1, -0.05) is 142 Å². The van der Waals surface area contributed by atoms with E-state index < -0.39 is 29.7 Å². The fourth-order valence-corrected chi connectivity index (χ4v) is 5.25. The molecule has 0 aromatic heterocycles. The van der Waals surface area contributed by atoms with Gasteiger partial charge in [-0.15, -0.1) is 0 Å². The normalized spacial score (nSPS) is 11.8. The molecular formula is C33H62N2O5. The second-order valence-corrected chi connectivity index (χ2v) is 11.6. The summed E-state index contributed by atoms with van der Waals surface area (Å²) in [7, 11) is 0. The number of unbranched alkanes of at least 4 members (excludes halogenated alkanes) is 20. The SMILES string of the molecule is CCCCCCCCCCCCCC(=O)N(C(=O)CCCCCCCCCCCCC)[C@@H](CCC(N)=O)C(=O)O. The number of aliphatic carboxylic acids is 1. The van der Waals surface area contributed by atoms with Crippen molar-refractivity contribution in [3.8, 4) is 0 Å². The van der Waals surface area contributed by atoms with E-state index in [0.29, 0.717) is 12.8 Å². The van der Waals surface area contributed by atoms with Crippen molar-refractivity contribution in [1.29, 1.82) is 0 Å². The number of carbonyl (C=O) groups excluding carboxylic acids is 3. The van der Waals surface area contributed by atoms with Crippen LogP contribution in [-0.4, -0.2) is 39.7 Å². The number of carbonyl (C=O) groups is 4. The molecule has 0 heterocycles. The van der Waals surface area contributed by atoms with Crippen molar-refractivity contribution in [2.75, 3.05) is 0 Å². The van der Waals surface area contributed by atoms with Gasteiger partial charge in [0.15, 0.2) is 0 Å². The van der Waals surface area contributed by atoms with E-state index in [-0.39, 0.29) is 25.7 Å². The van der Waals surface area contributed by atoms with E-state index in [1.54, 1.807) is 0 Å². The minimum absolute atomic E-state index is 0.140. The summed E-state index contributed by atoms with van der Waals surface area (Å²) >= 11 is 0. The zero-order valence-electron chi connectivity index (χ0n) is 26.1. The Balaban J connectivity index is 4.52. The lowest BCUT2D eigenvalue weighted by Gasteiger charge is -2.27. The predicted molar refractivity (Wildman–Crippen MR) is 164 cm³/mol. The van der Waals surface area contributed by atoms with Crippen LogP contribution in [0.25, 0.3) is 0 Å². The minimum atomic E-state index is -1.34. The van der Waals surface area contributed by atoms with Crippen LogP contribution in [-0.2, 0) is 19.2 Å². The van der Waals surface area contributed by atoms with E-state index in [9.17, 15) is 24.3 Å². The predicted octanol–water partition coefficient (Wildman–Crippen LogP) is 8.46. The number of nitrogens with zero attached hydrogens (tertiary/aromatic N) is 1. The summed E-state index contributed by atoms with van der Waals surface area (Å²) in [5.41, 5.74) is 5.23. The molecule has 1 atom stereocenters. The van der Waals surface area contributed by atoms with Crippen LogP contribution >= 0.6 is 0 Å². The Hall–Kier alpha value is -1.92. The molecular weight excluding hydrogens is 504 g/mol. The molecule has 3 amide bonds. The molecule has 3 N–H and O–H groups in total. The van der Waals surface area contributed by atoms with Gasteiger partial charge in [0.25, 0.3) is 0 Å². The Bertz CT molecular complexity index is 629. The molecule has 0 bridgehead atoms. The zero-order valence-corrected chi connectivity index (χ0v) is 26.1. The lowest BCUT2D eigenvalue weighted by molar-refractivity contribution is -0.158. The Kier molecular flexibility index (Phi) is 26.0. The van der Waals surface area contributed by atoms with Crippen molar-refractivity contribution >= 4 is 23.7 Å². The van der Waals surface area contributed by atoms with Gasteiger partial charge in [0.1, 0.15) is 6.04 Å². The Labute approximate surface area is 245 Å². The van der Waals surface area contributed by atoms with Crippen LogP contribution in [0.15, 0.2) is 0 Å². The van der Waals surface area contributed by atoms with Gasteiger partial charge in [-0.3, -0.25) is 19.3 Å². The molecule has 7 heteroatoms. The third-order valence-electron chi connectivity index (χ3n) is 7.79. The number of hydrogen-bond acceptors (Lipinski definition) is 4. The van der Waals surface area contributed by atoms with E-state index in [1.165, 1.54) is 89.9 Å². The molecule has 40 heavy (non-hydrogen) atoms. The van der Waals surface area contributed by atoms with E-state index in [0.717, 1.165) is 43.4 Å². The summed E-state index contributed by atoms with van der Waals surface area (Å²) in [4.78, 5) is 50.3. The first-order valence-corrected chi connectivity index (χ1v) is 16.7. The van der Waals surface area contributed by atoms with Crippen LogP contribution in [0.5, 0.6) is 0 Å². The molecule has 0 radical (unpaired) electrons. The molecule has 234 valence electrons. The monoisotopic (exact) mass is 566 g/mol. The van der Waals surface area contributed by atoms with Gasteiger partial charge in [0.2, 0.25) is 17.7 Å². The van der Waals surface area contributed by atoms with Crippen LogP contribution in [0.3, 0.4) is 0 Å². The summed E-state index contributed by atoms with van der Waals surface area (Å²) < 4.78 is 0. The average molecular weight is 567 g/mol. The first kappa shape index (κ1) is 38.1. The third kappa shape index (κ3) is 21.8. The first-order valence-electron chi connectivity index (χ1n) is 16.7. The molecule has 0 saturated heterocycles.